The molecule has 0 bridgehead atoms. The van der Waals surface area contributed by atoms with E-state index in [2.05, 4.69) is 70.5 Å². The van der Waals surface area contributed by atoms with Crippen LogP contribution in [0.15, 0.2) is 78.9 Å². The first-order chi connectivity index (χ1) is 13.8. The van der Waals surface area contributed by atoms with Gasteiger partial charge in [-0.05, 0) is 40.8 Å². The molecule has 0 saturated carbocycles. The molecule has 0 spiro atoms. The van der Waals surface area contributed by atoms with Crippen LogP contribution in [0.1, 0.15) is 28.3 Å². The lowest BCUT2D eigenvalue weighted by Gasteiger charge is -2.50. The largest absolute Gasteiger partial charge is 0.293 e. The number of rotatable bonds is 4. The number of hydrogen-bond acceptors (Lipinski definition) is 2. The third kappa shape index (κ3) is 3.36. The van der Waals surface area contributed by atoms with Crippen LogP contribution in [0.2, 0.25) is 0 Å². The number of hydrogen-bond donors (Lipinski definition) is 0. The van der Waals surface area contributed by atoms with Crippen molar-refractivity contribution in [2.45, 2.75) is 25.0 Å². The summed E-state index contributed by atoms with van der Waals surface area (Å²) >= 11 is 0. The summed E-state index contributed by atoms with van der Waals surface area (Å²) in [6.45, 7) is 4.11. The number of halogens is 1. The molecule has 3 aromatic rings. The molecule has 1 saturated heterocycles. The monoisotopic (exact) mass is 372 g/mol. The fraction of sp³-hybridized carbons (Fsp3) is 0.280. The van der Waals surface area contributed by atoms with Crippen molar-refractivity contribution in [3.8, 4) is 0 Å². The highest BCUT2D eigenvalue weighted by atomic mass is 19.1. The molecule has 0 amide bonds. The highest BCUT2D eigenvalue weighted by Crippen LogP contribution is 2.34. The van der Waals surface area contributed by atoms with Gasteiger partial charge in [-0.15, -0.1) is 0 Å². The summed E-state index contributed by atoms with van der Waals surface area (Å²) in [5.74, 6) is -0.115. The van der Waals surface area contributed by atoms with Gasteiger partial charge in [-0.1, -0.05) is 66.7 Å². The van der Waals surface area contributed by atoms with E-state index in [1.54, 1.807) is 12.1 Å². The van der Waals surface area contributed by atoms with Crippen LogP contribution in [-0.4, -0.2) is 35.5 Å². The zero-order valence-electron chi connectivity index (χ0n) is 16.0. The third-order valence-electron chi connectivity index (χ3n) is 6.21. The first-order valence-corrected chi connectivity index (χ1v) is 10.1. The van der Waals surface area contributed by atoms with Crippen LogP contribution in [0.25, 0.3) is 0 Å². The molecule has 0 radical (unpaired) electrons. The maximum Gasteiger partial charge on any atom is 0.123 e. The summed E-state index contributed by atoms with van der Waals surface area (Å²) in [5.41, 5.74) is 5.17. The van der Waals surface area contributed by atoms with Gasteiger partial charge in [0.25, 0.3) is 0 Å². The number of nitrogens with zero attached hydrogens (tertiary/aromatic N) is 2. The molecule has 0 aliphatic carbocycles. The smallest absolute Gasteiger partial charge is 0.123 e. The molecule has 3 aromatic carbocycles. The van der Waals surface area contributed by atoms with Gasteiger partial charge < -0.3 is 0 Å². The minimum Gasteiger partial charge on any atom is -0.293 e. The van der Waals surface area contributed by atoms with Crippen molar-refractivity contribution in [1.82, 2.24) is 9.80 Å². The number of likely N-dealkylation sites (tertiary alicyclic amines) is 1. The molecular formula is C25H25FN2. The molecule has 2 aliphatic rings. The Kier molecular flexibility index (Phi) is 4.71. The third-order valence-corrected chi connectivity index (χ3v) is 6.21. The van der Waals surface area contributed by atoms with E-state index >= 15 is 0 Å². The molecule has 0 N–H and O–H groups in total. The van der Waals surface area contributed by atoms with Crippen LogP contribution in [0.3, 0.4) is 0 Å². The lowest BCUT2D eigenvalue weighted by Crippen LogP contribution is -2.60. The van der Waals surface area contributed by atoms with Gasteiger partial charge in [0.1, 0.15) is 5.82 Å². The summed E-state index contributed by atoms with van der Waals surface area (Å²) in [7, 11) is 0. The summed E-state index contributed by atoms with van der Waals surface area (Å²) in [6, 6.07) is 27.8. The molecule has 0 atom stereocenters. The molecule has 2 heterocycles. The molecule has 142 valence electrons. The van der Waals surface area contributed by atoms with Crippen molar-refractivity contribution in [1.29, 1.82) is 0 Å². The predicted octanol–water partition coefficient (Wildman–Crippen LogP) is 4.66. The van der Waals surface area contributed by atoms with Gasteiger partial charge in [-0.25, -0.2) is 4.39 Å². The normalized spacial score (nSPS) is 18.1. The lowest BCUT2D eigenvalue weighted by atomic mass is 9.91. The van der Waals surface area contributed by atoms with Crippen molar-refractivity contribution >= 4 is 0 Å². The first-order valence-electron chi connectivity index (χ1n) is 10.1. The Bertz CT molecular complexity index is 896. The Morgan fingerprint density at radius 3 is 2.07 bits per heavy atom. The van der Waals surface area contributed by atoms with Crippen molar-refractivity contribution in [2.75, 3.05) is 19.6 Å². The van der Waals surface area contributed by atoms with Crippen molar-refractivity contribution in [2.24, 2.45) is 0 Å². The van der Waals surface area contributed by atoms with E-state index < -0.39 is 0 Å². The standard InChI is InChI=1S/C25H25FN2/c26-23-12-11-22-16-27(14-13-21(22)15-23)24-17-28(18-24)25(19-7-3-1-4-8-19)20-9-5-2-6-10-20/h1-12,15,24-25H,13-14,16-18H2. The maximum atomic E-state index is 13.5. The van der Waals surface area contributed by atoms with Crippen LogP contribution in [0.4, 0.5) is 4.39 Å². The molecular weight excluding hydrogens is 347 g/mol. The van der Waals surface area contributed by atoms with E-state index in [0.717, 1.165) is 32.6 Å². The lowest BCUT2D eigenvalue weighted by molar-refractivity contribution is 0.00724. The zero-order chi connectivity index (χ0) is 18.9. The molecule has 1 fully saturated rings. The van der Waals surface area contributed by atoms with Crippen molar-refractivity contribution in [3.63, 3.8) is 0 Å². The Hall–Kier alpha value is -2.49. The van der Waals surface area contributed by atoms with E-state index in [1.165, 1.54) is 22.3 Å². The maximum absolute atomic E-state index is 13.5. The fourth-order valence-electron chi connectivity index (χ4n) is 4.67. The van der Waals surface area contributed by atoms with Gasteiger partial charge in [0.2, 0.25) is 0 Å². The van der Waals surface area contributed by atoms with E-state index in [0.29, 0.717) is 12.1 Å². The fourth-order valence-corrected chi connectivity index (χ4v) is 4.67. The minimum absolute atomic E-state index is 0.115. The number of benzene rings is 3. The van der Waals surface area contributed by atoms with E-state index in [-0.39, 0.29) is 5.82 Å². The molecule has 5 rings (SSSR count). The van der Waals surface area contributed by atoms with Crippen molar-refractivity contribution in [3.05, 3.63) is 107 Å². The van der Waals surface area contributed by atoms with Gasteiger partial charge >= 0.3 is 0 Å². The van der Waals surface area contributed by atoms with Gasteiger partial charge in [0.05, 0.1) is 6.04 Å². The average molecular weight is 372 g/mol. The topological polar surface area (TPSA) is 6.48 Å². The molecule has 3 heteroatoms. The minimum atomic E-state index is -0.115. The highest BCUT2D eigenvalue weighted by Gasteiger charge is 2.38. The summed E-state index contributed by atoms with van der Waals surface area (Å²) in [6.07, 6.45) is 0.949. The van der Waals surface area contributed by atoms with Crippen LogP contribution >= 0.6 is 0 Å². The highest BCUT2D eigenvalue weighted by molar-refractivity contribution is 5.33. The zero-order valence-corrected chi connectivity index (χ0v) is 16.0. The van der Waals surface area contributed by atoms with Crippen LogP contribution in [0.5, 0.6) is 0 Å². The Morgan fingerprint density at radius 2 is 1.43 bits per heavy atom. The molecule has 0 aromatic heterocycles. The second-order valence-electron chi connectivity index (χ2n) is 7.97. The van der Waals surface area contributed by atoms with Gasteiger partial charge in [-0.2, -0.15) is 0 Å². The summed E-state index contributed by atoms with van der Waals surface area (Å²) < 4.78 is 13.5. The van der Waals surface area contributed by atoms with Crippen LogP contribution in [-0.2, 0) is 13.0 Å². The summed E-state index contributed by atoms with van der Waals surface area (Å²) in [5, 5.41) is 0. The molecule has 2 aliphatic heterocycles. The SMILES string of the molecule is Fc1ccc2c(c1)CCN(C1CN(C(c3ccccc3)c3ccccc3)C1)C2. The number of fused-ring (bicyclic) bond motifs is 1. The van der Waals surface area contributed by atoms with Crippen LogP contribution in [0, 0.1) is 5.82 Å². The molecule has 28 heavy (non-hydrogen) atoms. The summed E-state index contributed by atoms with van der Waals surface area (Å²) in [4.78, 5) is 5.15. The molecule has 2 nitrogen and oxygen atoms in total. The predicted molar refractivity (Wildman–Crippen MR) is 111 cm³/mol. The first kappa shape index (κ1) is 17.6. The molecule has 0 unspecified atom stereocenters. The van der Waals surface area contributed by atoms with E-state index in [4.69, 9.17) is 0 Å². The average Bonchev–Trinajstić information content (AvgIpc) is 2.71. The van der Waals surface area contributed by atoms with Crippen LogP contribution < -0.4 is 0 Å². The van der Waals surface area contributed by atoms with Gasteiger partial charge in [-0.3, -0.25) is 9.80 Å². The second-order valence-corrected chi connectivity index (χ2v) is 7.97. The Morgan fingerprint density at radius 1 is 0.786 bits per heavy atom. The van der Waals surface area contributed by atoms with E-state index in [9.17, 15) is 4.39 Å². The van der Waals surface area contributed by atoms with E-state index in [1.807, 2.05) is 6.07 Å². The Balaban J connectivity index is 1.31. The quantitative estimate of drug-likeness (QED) is 0.657. The van der Waals surface area contributed by atoms with Gasteiger partial charge in [0.15, 0.2) is 0 Å². The second kappa shape index (κ2) is 7.50. The Labute approximate surface area is 166 Å². The van der Waals surface area contributed by atoms with Gasteiger partial charge in [0, 0.05) is 32.2 Å². The van der Waals surface area contributed by atoms with Crippen molar-refractivity contribution < 1.29 is 4.39 Å².